The number of rotatable bonds is 4. The third kappa shape index (κ3) is 2.50. The SMILES string of the molecule is CC(=O)C(CN)Cc1cncc2ccccc12. The van der Waals surface area contributed by atoms with Crippen LogP contribution in [-0.4, -0.2) is 17.3 Å². The first-order chi connectivity index (χ1) is 8.22. The summed E-state index contributed by atoms with van der Waals surface area (Å²) in [5.74, 6) is 0.0306. The van der Waals surface area contributed by atoms with Crippen LogP contribution in [0.3, 0.4) is 0 Å². The average molecular weight is 228 g/mol. The summed E-state index contributed by atoms with van der Waals surface area (Å²) < 4.78 is 0. The van der Waals surface area contributed by atoms with Gasteiger partial charge in [0.2, 0.25) is 0 Å². The number of carbonyl (C=O) groups excluding carboxylic acids is 1. The van der Waals surface area contributed by atoms with Crippen molar-refractivity contribution < 1.29 is 4.79 Å². The zero-order valence-corrected chi connectivity index (χ0v) is 9.89. The number of pyridine rings is 1. The lowest BCUT2D eigenvalue weighted by atomic mass is 9.94. The van der Waals surface area contributed by atoms with Crippen LogP contribution >= 0.6 is 0 Å². The number of benzene rings is 1. The molecule has 3 heteroatoms. The molecule has 1 aromatic heterocycles. The van der Waals surface area contributed by atoms with Gasteiger partial charge in [0.1, 0.15) is 5.78 Å². The quantitative estimate of drug-likeness (QED) is 0.870. The fourth-order valence-corrected chi connectivity index (χ4v) is 2.00. The molecule has 3 nitrogen and oxygen atoms in total. The van der Waals surface area contributed by atoms with Crippen LogP contribution in [0.5, 0.6) is 0 Å². The minimum atomic E-state index is -0.109. The van der Waals surface area contributed by atoms with Crippen molar-refractivity contribution in [3.8, 4) is 0 Å². The molecule has 0 radical (unpaired) electrons. The molecular weight excluding hydrogens is 212 g/mol. The first kappa shape index (κ1) is 11.7. The first-order valence-electron chi connectivity index (χ1n) is 5.74. The number of nitrogens with zero attached hydrogens (tertiary/aromatic N) is 1. The van der Waals surface area contributed by atoms with Gasteiger partial charge in [-0.2, -0.15) is 0 Å². The Morgan fingerprint density at radius 2 is 2.12 bits per heavy atom. The highest BCUT2D eigenvalue weighted by molar-refractivity contribution is 5.86. The van der Waals surface area contributed by atoms with Gasteiger partial charge < -0.3 is 5.73 Å². The van der Waals surface area contributed by atoms with Crippen molar-refractivity contribution in [3.63, 3.8) is 0 Å². The van der Waals surface area contributed by atoms with E-state index in [1.807, 2.05) is 30.6 Å². The van der Waals surface area contributed by atoms with Crippen LogP contribution in [0, 0.1) is 5.92 Å². The number of hydrogen-bond donors (Lipinski definition) is 1. The van der Waals surface area contributed by atoms with Crippen LogP contribution in [0.15, 0.2) is 36.7 Å². The van der Waals surface area contributed by atoms with E-state index in [0.29, 0.717) is 13.0 Å². The molecule has 1 aromatic carbocycles. The number of fused-ring (bicyclic) bond motifs is 1. The summed E-state index contributed by atoms with van der Waals surface area (Å²) in [6.45, 7) is 1.98. The van der Waals surface area contributed by atoms with Gasteiger partial charge in [0, 0.05) is 30.2 Å². The second-order valence-corrected chi connectivity index (χ2v) is 4.27. The van der Waals surface area contributed by atoms with Crippen LogP contribution in [0.25, 0.3) is 10.8 Å². The summed E-state index contributed by atoms with van der Waals surface area (Å²) in [4.78, 5) is 15.6. The Labute approximate surface area is 101 Å². The van der Waals surface area contributed by atoms with Gasteiger partial charge >= 0.3 is 0 Å². The molecular formula is C14H16N2O. The fourth-order valence-electron chi connectivity index (χ4n) is 2.00. The molecule has 0 saturated carbocycles. The lowest BCUT2D eigenvalue weighted by molar-refractivity contribution is -0.120. The summed E-state index contributed by atoms with van der Waals surface area (Å²) in [6.07, 6.45) is 4.33. The van der Waals surface area contributed by atoms with Gasteiger partial charge in [-0.3, -0.25) is 9.78 Å². The number of aromatic nitrogens is 1. The molecule has 0 spiro atoms. The van der Waals surface area contributed by atoms with Crippen molar-refractivity contribution in [1.29, 1.82) is 0 Å². The molecule has 2 aromatic rings. The maximum atomic E-state index is 11.4. The van der Waals surface area contributed by atoms with E-state index in [9.17, 15) is 4.79 Å². The Morgan fingerprint density at radius 1 is 1.35 bits per heavy atom. The molecule has 0 fully saturated rings. The van der Waals surface area contributed by atoms with Gasteiger partial charge in [-0.1, -0.05) is 24.3 Å². The van der Waals surface area contributed by atoms with E-state index in [4.69, 9.17) is 5.73 Å². The van der Waals surface area contributed by atoms with Crippen molar-refractivity contribution in [2.75, 3.05) is 6.54 Å². The number of carbonyl (C=O) groups is 1. The maximum Gasteiger partial charge on any atom is 0.134 e. The molecule has 0 amide bonds. The minimum Gasteiger partial charge on any atom is -0.330 e. The summed E-state index contributed by atoms with van der Waals surface area (Å²) >= 11 is 0. The van der Waals surface area contributed by atoms with Crippen molar-refractivity contribution >= 4 is 16.6 Å². The summed E-state index contributed by atoms with van der Waals surface area (Å²) in [5, 5.41) is 2.26. The molecule has 0 aliphatic rings. The van der Waals surface area contributed by atoms with E-state index in [-0.39, 0.29) is 11.7 Å². The zero-order valence-electron chi connectivity index (χ0n) is 9.89. The maximum absolute atomic E-state index is 11.4. The number of hydrogen-bond acceptors (Lipinski definition) is 3. The van der Waals surface area contributed by atoms with Crippen LogP contribution in [0.2, 0.25) is 0 Å². The Bertz CT molecular complexity index is 531. The molecule has 1 unspecified atom stereocenters. The first-order valence-corrected chi connectivity index (χ1v) is 5.74. The monoisotopic (exact) mass is 228 g/mol. The van der Waals surface area contributed by atoms with Crippen molar-refractivity contribution in [2.45, 2.75) is 13.3 Å². The minimum absolute atomic E-state index is 0.109. The molecule has 0 aliphatic heterocycles. The van der Waals surface area contributed by atoms with Gasteiger partial charge in [-0.15, -0.1) is 0 Å². The van der Waals surface area contributed by atoms with Crippen LogP contribution in [0.4, 0.5) is 0 Å². The van der Waals surface area contributed by atoms with Crippen molar-refractivity contribution in [1.82, 2.24) is 4.98 Å². The number of nitrogens with two attached hydrogens (primary N) is 1. The van der Waals surface area contributed by atoms with Crippen LogP contribution in [-0.2, 0) is 11.2 Å². The van der Waals surface area contributed by atoms with Crippen LogP contribution < -0.4 is 5.73 Å². The fraction of sp³-hybridized carbons (Fsp3) is 0.286. The zero-order chi connectivity index (χ0) is 12.3. The van der Waals surface area contributed by atoms with E-state index in [1.165, 1.54) is 0 Å². The Morgan fingerprint density at radius 3 is 2.82 bits per heavy atom. The summed E-state index contributed by atoms with van der Waals surface area (Å²) in [7, 11) is 0. The second-order valence-electron chi connectivity index (χ2n) is 4.27. The van der Waals surface area contributed by atoms with E-state index in [2.05, 4.69) is 11.1 Å². The predicted molar refractivity (Wildman–Crippen MR) is 68.7 cm³/mol. The van der Waals surface area contributed by atoms with Gasteiger partial charge in [-0.05, 0) is 24.3 Å². The van der Waals surface area contributed by atoms with E-state index in [0.717, 1.165) is 16.3 Å². The largest absolute Gasteiger partial charge is 0.330 e. The smallest absolute Gasteiger partial charge is 0.134 e. The van der Waals surface area contributed by atoms with Gasteiger partial charge in [0.05, 0.1) is 0 Å². The molecule has 0 saturated heterocycles. The third-order valence-corrected chi connectivity index (χ3v) is 3.08. The molecule has 2 rings (SSSR count). The Hall–Kier alpha value is -1.74. The standard InChI is InChI=1S/C14H16N2O/c1-10(17)12(7-15)6-13-9-16-8-11-4-2-3-5-14(11)13/h2-5,8-9,12H,6-7,15H2,1H3. The molecule has 17 heavy (non-hydrogen) atoms. The van der Waals surface area contributed by atoms with Gasteiger partial charge in [0.15, 0.2) is 0 Å². The number of ketones is 1. The second kappa shape index (κ2) is 5.06. The van der Waals surface area contributed by atoms with Gasteiger partial charge in [-0.25, -0.2) is 0 Å². The lowest BCUT2D eigenvalue weighted by Gasteiger charge is -2.12. The molecule has 0 bridgehead atoms. The highest BCUT2D eigenvalue weighted by Gasteiger charge is 2.14. The molecule has 1 heterocycles. The molecule has 2 N–H and O–H groups in total. The highest BCUT2D eigenvalue weighted by Crippen LogP contribution is 2.20. The normalized spacial score (nSPS) is 12.6. The Balaban J connectivity index is 2.38. The predicted octanol–water partition coefficient (Wildman–Crippen LogP) is 1.94. The molecule has 1 atom stereocenters. The molecule has 0 aliphatic carbocycles. The third-order valence-electron chi connectivity index (χ3n) is 3.08. The van der Waals surface area contributed by atoms with Crippen molar-refractivity contribution in [2.24, 2.45) is 11.7 Å². The lowest BCUT2D eigenvalue weighted by Crippen LogP contribution is -2.23. The highest BCUT2D eigenvalue weighted by atomic mass is 16.1. The number of Topliss-reactive ketones (excluding diaryl/α,β-unsaturated/α-hetero) is 1. The van der Waals surface area contributed by atoms with Crippen LogP contribution in [0.1, 0.15) is 12.5 Å². The summed E-state index contributed by atoms with van der Waals surface area (Å²) in [5.41, 5.74) is 6.72. The van der Waals surface area contributed by atoms with E-state index >= 15 is 0 Å². The van der Waals surface area contributed by atoms with E-state index < -0.39 is 0 Å². The molecule has 88 valence electrons. The van der Waals surface area contributed by atoms with Crippen molar-refractivity contribution in [3.05, 3.63) is 42.2 Å². The van der Waals surface area contributed by atoms with Gasteiger partial charge in [0.25, 0.3) is 0 Å². The average Bonchev–Trinajstić information content (AvgIpc) is 2.35. The van der Waals surface area contributed by atoms with E-state index in [1.54, 1.807) is 6.92 Å². The Kier molecular flexibility index (Phi) is 3.49. The summed E-state index contributed by atoms with van der Waals surface area (Å²) in [6, 6.07) is 8.06. The topological polar surface area (TPSA) is 56.0 Å².